The number of carbonyl (C=O) groups excluding carboxylic acids is 2. The van der Waals surface area contributed by atoms with Crippen LogP contribution in [0.3, 0.4) is 0 Å². The number of esters is 1. The highest BCUT2D eigenvalue weighted by Crippen LogP contribution is 2.21. The quantitative estimate of drug-likeness (QED) is 0.819. The Morgan fingerprint density at radius 2 is 1.95 bits per heavy atom. The van der Waals surface area contributed by atoms with E-state index < -0.39 is 28.3 Å². The number of sulfone groups is 1. The van der Waals surface area contributed by atoms with E-state index in [1.54, 1.807) is 24.3 Å². The van der Waals surface area contributed by atoms with E-state index in [-0.39, 0.29) is 23.8 Å². The van der Waals surface area contributed by atoms with Crippen LogP contribution in [-0.4, -0.2) is 38.4 Å². The summed E-state index contributed by atoms with van der Waals surface area (Å²) in [7, 11) is -3.01. The van der Waals surface area contributed by atoms with Crippen LogP contribution in [0.1, 0.15) is 12.8 Å². The van der Waals surface area contributed by atoms with Gasteiger partial charge in [0.25, 0.3) is 5.91 Å². The maximum absolute atomic E-state index is 11.6. The summed E-state index contributed by atoms with van der Waals surface area (Å²) in [6.45, 7) is -0.402. The largest absolute Gasteiger partial charge is 0.456 e. The Labute approximate surface area is 133 Å². The molecular weight excluding hydrogens is 330 g/mol. The molecule has 2 rings (SSSR count). The fraction of sp³-hybridized carbons (Fsp3) is 0.429. The second kappa shape index (κ2) is 7.11. The number of rotatable bonds is 5. The molecule has 1 unspecified atom stereocenters. The molecule has 8 heteroatoms. The van der Waals surface area contributed by atoms with Gasteiger partial charge in [-0.1, -0.05) is 11.6 Å². The second-order valence-corrected chi connectivity index (χ2v) is 7.85. The normalized spacial score (nSPS) is 19.6. The van der Waals surface area contributed by atoms with Gasteiger partial charge in [-0.25, -0.2) is 8.42 Å². The number of benzene rings is 1. The highest BCUT2D eigenvalue weighted by atomic mass is 35.5. The van der Waals surface area contributed by atoms with Gasteiger partial charge in [-0.05, 0) is 36.6 Å². The molecule has 1 aromatic carbocycles. The molecule has 1 aliphatic heterocycles. The van der Waals surface area contributed by atoms with E-state index in [9.17, 15) is 18.0 Å². The SMILES string of the molecule is O=C(COC(=O)CC1CCS(=O)(=O)C1)Nc1ccc(Cl)cc1. The van der Waals surface area contributed by atoms with E-state index in [0.717, 1.165) is 0 Å². The Morgan fingerprint density at radius 1 is 1.27 bits per heavy atom. The van der Waals surface area contributed by atoms with Crippen molar-refractivity contribution in [2.75, 3.05) is 23.4 Å². The van der Waals surface area contributed by atoms with Gasteiger partial charge in [0.1, 0.15) is 0 Å². The van der Waals surface area contributed by atoms with Crippen LogP contribution in [0.4, 0.5) is 5.69 Å². The van der Waals surface area contributed by atoms with E-state index in [2.05, 4.69) is 5.32 Å². The van der Waals surface area contributed by atoms with E-state index in [4.69, 9.17) is 16.3 Å². The molecule has 0 aliphatic carbocycles. The molecule has 0 spiro atoms. The third kappa shape index (κ3) is 5.31. The van der Waals surface area contributed by atoms with Gasteiger partial charge in [0.05, 0.1) is 11.5 Å². The van der Waals surface area contributed by atoms with Crippen LogP contribution in [-0.2, 0) is 24.2 Å². The van der Waals surface area contributed by atoms with Gasteiger partial charge in [-0.2, -0.15) is 0 Å². The summed E-state index contributed by atoms with van der Waals surface area (Å²) in [5.41, 5.74) is 0.548. The summed E-state index contributed by atoms with van der Waals surface area (Å²) in [4.78, 5) is 23.2. The van der Waals surface area contributed by atoms with Gasteiger partial charge < -0.3 is 10.1 Å². The lowest BCUT2D eigenvalue weighted by Gasteiger charge is -2.09. The summed E-state index contributed by atoms with van der Waals surface area (Å²) < 4.78 is 27.4. The zero-order valence-electron chi connectivity index (χ0n) is 11.7. The Balaban J connectivity index is 1.72. The molecule has 1 atom stereocenters. The molecule has 0 radical (unpaired) electrons. The van der Waals surface area contributed by atoms with Crippen LogP contribution in [0.5, 0.6) is 0 Å². The lowest BCUT2D eigenvalue weighted by Crippen LogP contribution is -2.22. The molecular formula is C14H16ClNO5S. The van der Waals surface area contributed by atoms with E-state index >= 15 is 0 Å². The summed E-state index contributed by atoms with van der Waals surface area (Å²) in [5, 5.41) is 3.11. The highest BCUT2D eigenvalue weighted by molar-refractivity contribution is 7.91. The fourth-order valence-electron chi connectivity index (χ4n) is 2.20. The van der Waals surface area contributed by atoms with Gasteiger partial charge in [0.15, 0.2) is 16.4 Å². The van der Waals surface area contributed by atoms with Crippen molar-refractivity contribution in [3.05, 3.63) is 29.3 Å². The monoisotopic (exact) mass is 345 g/mol. The first-order valence-electron chi connectivity index (χ1n) is 6.75. The molecule has 6 nitrogen and oxygen atoms in total. The van der Waals surface area contributed by atoms with Crippen LogP contribution in [0.2, 0.25) is 5.02 Å². The first kappa shape index (κ1) is 16.8. The molecule has 1 amide bonds. The predicted molar refractivity (Wildman–Crippen MR) is 82.4 cm³/mol. The number of hydrogen-bond acceptors (Lipinski definition) is 5. The molecule has 120 valence electrons. The number of ether oxygens (including phenoxy) is 1. The number of anilines is 1. The van der Waals surface area contributed by atoms with E-state index in [1.165, 1.54) is 0 Å². The summed E-state index contributed by atoms with van der Waals surface area (Å²) in [6, 6.07) is 6.52. The standard InChI is InChI=1S/C14H16ClNO5S/c15-11-1-3-12(4-2-11)16-13(17)8-21-14(18)7-10-5-6-22(19,20)9-10/h1-4,10H,5-9H2,(H,16,17). The zero-order valence-corrected chi connectivity index (χ0v) is 13.3. The van der Waals surface area contributed by atoms with Crippen molar-refractivity contribution in [3.8, 4) is 0 Å². The van der Waals surface area contributed by atoms with Crippen molar-refractivity contribution in [2.24, 2.45) is 5.92 Å². The Hall–Kier alpha value is -1.60. The van der Waals surface area contributed by atoms with Crippen LogP contribution in [0, 0.1) is 5.92 Å². The number of amides is 1. The van der Waals surface area contributed by atoms with E-state index in [1.807, 2.05) is 0 Å². The average molecular weight is 346 g/mol. The molecule has 1 fully saturated rings. The Morgan fingerprint density at radius 3 is 2.55 bits per heavy atom. The van der Waals surface area contributed by atoms with Gasteiger partial charge >= 0.3 is 5.97 Å². The predicted octanol–water partition coefficient (Wildman–Crippen LogP) is 1.65. The zero-order chi connectivity index (χ0) is 16.2. The molecule has 1 aliphatic rings. The number of halogens is 1. The van der Waals surface area contributed by atoms with E-state index in [0.29, 0.717) is 17.1 Å². The summed E-state index contributed by atoms with van der Waals surface area (Å²) in [5.74, 6) is -1.11. The van der Waals surface area contributed by atoms with Crippen molar-refractivity contribution in [1.29, 1.82) is 0 Å². The smallest absolute Gasteiger partial charge is 0.306 e. The molecule has 1 aromatic rings. The third-order valence-corrected chi connectivity index (χ3v) is 5.36. The van der Waals surface area contributed by atoms with Gasteiger partial charge in [0, 0.05) is 17.1 Å². The van der Waals surface area contributed by atoms with Crippen molar-refractivity contribution >= 4 is 39.0 Å². The van der Waals surface area contributed by atoms with Crippen LogP contribution in [0.15, 0.2) is 24.3 Å². The average Bonchev–Trinajstić information content (AvgIpc) is 2.78. The minimum absolute atomic E-state index is 0.0130. The number of nitrogens with one attached hydrogen (secondary N) is 1. The topological polar surface area (TPSA) is 89.5 Å². The molecule has 22 heavy (non-hydrogen) atoms. The molecule has 0 bridgehead atoms. The minimum Gasteiger partial charge on any atom is -0.456 e. The summed E-state index contributed by atoms with van der Waals surface area (Å²) in [6.07, 6.45) is 0.488. The first-order valence-corrected chi connectivity index (χ1v) is 8.95. The van der Waals surface area contributed by atoms with Gasteiger partial charge in [-0.15, -0.1) is 0 Å². The van der Waals surface area contributed by atoms with Gasteiger partial charge in [-0.3, -0.25) is 9.59 Å². The first-order chi connectivity index (χ1) is 10.3. The molecule has 0 aromatic heterocycles. The van der Waals surface area contributed by atoms with Crippen molar-refractivity contribution in [3.63, 3.8) is 0 Å². The Bertz CT molecular complexity index is 656. The third-order valence-electron chi connectivity index (χ3n) is 3.27. The van der Waals surface area contributed by atoms with Crippen LogP contribution in [0.25, 0.3) is 0 Å². The van der Waals surface area contributed by atoms with Crippen molar-refractivity contribution in [1.82, 2.24) is 0 Å². The van der Waals surface area contributed by atoms with Crippen LogP contribution < -0.4 is 5.32 Å². The molecule has 1 heterocycles. The maximum Gasteiger partial charge on any atom is 0.306 e. The highest BCUT2D eigenvalue weighted by Gasteiger charge is 2.29. The molecule has 1 saturated heterocycles. The lowest BCUT2D eigenvalue weighted by atomic mass is 10.1. The fourth-order valence-corrected chi connectivity index (χ4v) is 4.19. The Kier molecular flexibility index (Phi) is 5.42. The van der Waals surface area contributed by atoms with Crippen molar-refractivity contribution in [2.45, 2.75) is 12.8 Å². The second-order valence-electron chi connectivity index (χ2n) is 5.19. The number of hydrogen-bond donors (Lipinski definition) is 1. The molecule has 1 N–H and O–H groups in total. The van der Waals surface area contributed by atoms with Crippen LogP contribution >= 0.6 is 11.6 Å². The maximum atomic E-state index is 11.6. The lowest BCUT2D eigenvalue weighted by molar-refractivity contribution is -0.148. The molecule has 0 saturated carbocycles. The van der Waals surface area contributed by atoms with Crippen molar-refractivity contribution < 1.29 is 22.7 Å². The van der Waals surface area contributed by atoms with Gasteiger partial charge in [0.2, 0.25) is 0 Å². The summed E-state index contributed by atoms with van der Waals surface area (Å²) >= 11 is 5.73. The minimum atomic E-state index is -3.01. The number of carbonyl (C=O) groups is 2.